The first-order chi connectivity index (χ1) is 14.1. The van der Waals surface area contributed by atoms with Crippen molar-refractivity contribution in [1.29, 1.82) is 5.26 Å². The maximum Gasteiger partial charge on any atom is 0.339 e. The van der Waals surface area contributed by atoms with E-state index >= 15 is 0 Å². The van der Waals surface area contributed by atoms with Gasteiger partial charge in [-0.2, -0.15) is 5.26 Å². The molecule has 1 saturated heterocycles. The van der Waals surface area contributed by atoms with Gasteiger partial charge in [0.25, 0.3) is 5.91 Å². The van der Waals surface area contributed by atoms with Crippen LogP contribution in [0, 0.1) is 17.2 Å². The molecule has 5 nitrogen and oxygen atoms in total. The monoisotopic (exact) mass is 408 g/mol. The zero-order valence-corrected chi connectivity index (χ0v) is 17.3. The molecule has 2 aromatic rings. The second kappa shape index (κ2) is 10.1. The van der Waals surface area contributed by atoms with Gasteiger partial charge in [-0.3, -0.25) is 4.79 Å². The molecule has 0 spiro atoms. The number of nitriles is 1. The Bertz CT molecular complexity index is 905. The number of rotatable bonds is 6. The lowest BCUT2D eigenvalue weighted by Crippen LogP contribution is -2.41. The van der Waals surface area contributed by atoms with E-state index in [-0.39, 0.29) is 12.5 Å². The Morgan fingerprint density at radius 1 is 1.21 bits per heavy atom. The molecule has 0 unspecified atom stereocenters. The molecule has 0 N–H and O–H groups in total. The lowest BCUT2D eigenvalue weighted by Gasteiger charge is -2.30. The Morgan fingerprint density at radius 2 is 1.97 bits per heavy atom. The molecule has 6 heteroatoms. The van der Waals surface area contributed by atoms with Crippen molar-refractivity contribution >= 4 is 23.6 Å². The molecule has 1 heterocycles. The van der Waals surface area contributed by atoms with E-state index in [9.17, 15) is 9.59 Å². The predicted octanol–water partition coefficient (Wildman–Crippen LogP) is 4.27. The van der Waals surface area contributed by atoms with E-state index in [0.29, 0.717) is 22.8 Å². The minimum Gasteiger partial charge on any atom is -0.452 e. The zero-order chi connectivity index (χ0) is 20.6. The molecule has 1 aliphatic heterocycles. The third-order valence-electron chi connectivity index (χ3n) is 4.92. The van der Waals surface area contributed by atoms with E-state index in [1.54, 1.807) is 29.2 Å². The van der Waals surface area contributed by atoms with Crippen LogP contribution in [0.25, 0.3) is 0 Å². The minimum atomic E-state index is -0.480. The number of ether oxygens (including phenoxy) is 1. The van der Waals surface area contributed by atoms with Gasteiger partial charge in [0.15, 0.2) is 6.61 Å². The fourth-order valence-electron chi connectivity index (χ4n) is 3.31. The third kappa shape index (κ3) is 5.85. The van der Waals surface area contributed by atoms with Crippen LogP contribution in [-0.4, -0.2) is 36.5 Å². The van der Waals surface area contributed by atoms with E-state index in [2.05, 4.69) is 13.0 Å². The molecule has 0 bridgehead atoms. The fraction of sp³-hybridized carbons (Fsp3) is 0.348. The number of thioether (sulfide) groups is 1. The summed E-state index contributed by atoms with van der Waals surface area (Å²) in [5.41, 5.74) is 2.15. The van der Waals surface area contributed by atoms with Gasteiger partial charge < -0.3 is 9.64 Å². The average molecular weight is 409 g/mol. The number of amides is 1. The molecule has 3 rings (SSSR count). The number of piperidine rings is 1. The highest BCUT2D eigenvalue weighted by molar-refractivity contribution is 7.98. The van der Waals surface area contributed by atoms with Crippen molar-refractivity contribution < 1.29 is 14.3 Å². The summed E-state index contributed by atoms with van der Waals surface area (Å²) in [5, 5.41) is 8.89. The molecule has 1 fully saturated rings. The van der Waals surface area contributed by atoms with Crippen molar-refractivity contribution in [2.24, 2.45) is 5.92 Å². The van der Waals surface area contributed by atoms with Crippen LogP contribution in [0.2, 0.25) is 0 Å². The van der Waals surface area contributed by atoms with Crippen LogP contribution < -0.4 is 0 Å². The van der Waals surface area contributed by atoms with E-state index in [4.69, 9.17) is 10.00 Å². The summed E-state index contributed by atoms with van der Waals surface area (Å²) in [6, 6.07) is 16.7. The zero-order valence-electron chi connectivity index (χ0n) is 16.5. The highest BCUT2D eigenvalue weighted by Crippen LogP contribution is 2.27. The van der Waals surface area contributed by atoms with Crippen molar-refractivity contribution in [3.63, 3.8) is 0 Å². The van der Waals surface area contributed by atoms with Crippen molar-refractivity contribution in [2.75, 3.05) is 19.7 Å². The first-order valence-corrected chi connectivity index (χ1v) is 10.7. The van der Waals surface area contributed by atoms with Crippen molar-refractivity contribution in [1.82, 2.24) is 4.90 Å². The number of hydrogen-bond donors (Lipinski definition) is 0. The second-order valence-electron chi connectivity index (χ2n) is 7.26. The van der Waals surface area contributed by atoms with Crippen LogP contribution in [0.15, 0.2) is 53.4 Å². The summed E-state index contributed by atoms with van der Waals surface area (Å²) in [4.78, 5) is 27.5. The maximum absolute atomic E-state index is 12.6. The molecule has 29 heavy (non-hydrogen) atoms. The second-order valence-corrected chi connectivity index (χ2v) is 8.27. The van der Waals surface area contributed by atoms with Crippen molar-refractivity contribution in [3.8, 4) is 6.07 Å². The number of benzene rings is 2. The number of likely N-dealkylation sites (tertiary alicyclic amines) is 1. The van der Waals surface area contributed by atoms with Gasteiger partial charge >= 0.3 is 5.97 Å². The third-order valence-corrected chi connectivity index (χ3v) is 6.07. The molecule has 0 aromatic heterocycles. The van der Waals surface area contributed by atoms with Gasteiger partial charge in [0.2, 0.25) is 0 Å². The van der Waals surface area contributed by atoms with E-state index in [0.717, 1.165) is 36.4 Å². The Hall–Kier alpha value is -2.78. The smallest absolute Gasteiger partial charge is 0.339 e. The lowest BCUT2D eigenvalue weighted by atomic mass is 10.0. The van der Waals surface area contributed by atoms with Crippen LogP contribution in [0.1, 0.15) is 41.3 Å². The van der Waals surface area contributed by atoms with Crippen LogP contribution in [0.4, 0.5) is 0 Å². The molecule has 0 radical (unpaired) electrons. The summed E-state index contributed by atoms with van der Waals surface area (Å²) in [6.07, 6.45) is 2.13. The van der Waals surface area contributed by atoms with Crippen LogP contribution >= 0.6 is 11.8 Å². The summed E-state index contributed by atoms with van der Waals surface area (Å²) < 4.78 is 5.32. The average Bonchev–Trinajstić information content (AvgIpc) is 2.76. The van der Waals surface area contributed by atoms with Crippen molar-refractivity contribution in [3.05, 3.63) is 65.2 Å². The Balaban J connectivity index is 1.57. The molecule has 1 atom stereocenters. The van der Waals surface area contributed by atoms with E-state index in [1.807, 2.05) is 24.3 Å². The van der Waals surface area contributed by atoms with Crippen LogP contribution in [0.3, 0.4) is 0 Å². The predicted molar refractivity (Wildman–Crippen MR) is 112 cm³/mol. The van der Waals surface area contributed by atoms with Gasteiger partial charge in [-0.05, 0) is 48.6 Å². The summed E-state index contributed by atoms with van der Waals surface area (Å²) >= 11 is 1.53. The standard InChI is InChI=1S/C23H24N2O3S/c1-17-5-4-12-25(14-17)22(26)15-28-23(27)20-6-2-3-7-21(20)29-16-19-10-8-18(13-24)9-11-19/h2-3,6-11,17H,4-5,12,14-16H2,1H3/t17-/m1/s1. The van der Waals surface area contributed by atoms with Gasteiger partial charge in [-0.25, -0.2) is 4.79 Å². The molecule has 1 amide bonds. The molecule has 150 valence electrons. The van der Waals surface area contributed by atoms with Gasteiger partial charge in [-0.15, -0.1) is 11.8 Å². The number of esters is 1. The minimum absolute atomic E-state index is 0.132. The Labute approximate surface area is 175 Å². The SMILES string of the molecule is C[C@@H]1CCCN(C(=O)COC(=O)c2ccccc2SCc2ccc(C#N)cc2)C1. The first-order valence-electron chi connectivity index (χ1n) is 9.72. The van der Waals surface area contributed by atoms with E-state index < -0.39 is 5.97 Å². The van der Waals surface area contributed by atoms with Gasteiger partial charge in [0, 0.05) is 23.7 Å². The molecular formula is C23H24N2O3S. The van der Waals surface area contributed by atoms with Gasteiger partial charge in [0.1, 0.15) is 0 Å². The van der Waals surface area contributed by atoms with Gasteiger partial charge in [-0.1, -0.05) is 31.2 Å². The normalized spacial score (nSPS) is 16.1. The maximum atomic E-state index is 12.6. The van der Waals surface area contributed by atoms with Crippen LogP contribution in [-0.2, 0) is 15.3 Å². The number of nitrogens with zero attached hydrogens (tertiary/aromatic N) is 2. The number of carbonyl (C=O) groups excluding carboxylic acids is 2. The lowest BCUT2D eigenvalue weighted by molar-refractivity contribution is -0.136. The van der Waals surface area contributed by atoms with Crippen LogP contribution in [0.5, 0.6) is 0 Å². The van der Waals surface area contributed by atoms with Gasteiger partial charge in [0.05, 0.1) is 17.2 Å². The van der Waals surface area contributed by atoms with E-state index in [1.165, 1.54) is 11.8 Å². The highest BCUT2D eigenvalue weighted by Gasteiger charge is 2.22. The molecule has 2 aromatic carbocycles. The number of carbonyl (C=O) groups is 2. The fourth-order valence-corrected chi connectivity index (χ4v) is 4.31. The molecule has 0 aliphatic carbocycles. The summed E-state index contributed by atoms with van der Waals surface area (Å²) in [6.45, 7) is 3.37. The molecular weight excluding hydrogens is 384 g/mol. The number of hydrogen-bond acceptors (Lipinski definition) is 5. The molecule has 1 aliphatic rings. The highest BCUT2D eigenvalue weighted by atomic mass is 32.2. The quantitative estimate of drug-likeness (QED) is 0.527. The summed E-state index contributed by atoms with van der Waals surface area (Å²) in [7, 11) is 0. The Kier molecular flexibility index (Phi) is 7.31. The topological polar surface area (TPSA) is 70.4 Å². The Morgan fingerprint density at radius 3 is 2.69 bits per heavy atom. The summed E-state index contributed by atoms with van der Waals surface area (Å²) in [5.74, 6) is 0.544. The first kappa shape index (κ1) is 20.9. The molecule has 0 saturated carbocycles. The largest absolute Gasteiger partial charge is 0.452 e. The van der Waals surface area contributed by atoms with Crippen molar-refractivity contribution in [2.45, 2.75) is 30.4 Å².